The maximum Gasteiger partial charge on any atom is 0.332 e. The van der Waals surface area contributed by atoms with Crippen LogP contribution in [0.15, 0.2) is 70.9 Å². The molecule has 1 aliphatic rings. The molecule has 0 amide bonds. The lowest BCUT2D eigenvalue weighted by Crippen LogP contribution is -2.18. The van der Waals surface area contributed by atoms with Gasteiger partial charge in [-0.1, -0.05) is 42.5 Å². The Morgan fingerprint density at radius 3 is 2.80 bits per heavy atom. The molecule has 7 heteroatoms. The van der Waals surface area contributed by atoms with Crippen molar-refractivity contribution in [1.29, 1.82) is 0 Å². The summed E-state index contributed by atoms with van der Waals surface area (Å²) in [4.78, 5) is 27.8. The smallest absolute Gasteiger partial charge is 0.332 e. The van der Waals surface area contributed by atoms with Gasteiger partial charge in [-0.2, -0.15) is 5.10 Å². The number of aliphatic imine (C=N–C) groups is 1. The van der Waals surface area contributed by atoms with Gasteiger partial charge in [0.05, 0.1) is 19.7 Å². The Balaban J connectivity index is 2.23. The summed E-state index contributed by atoms with van der Waals surface area (Å²) in [7, 11) is 1.24. The van der Waals surface area contributed by atoms with E-state index in [1.54, 1.807) is 12.2 Å². The fourth-order valence-electron chi connectivity index (χ4n) is 1.84. The summed E-state index contributed by atoms with van der Waals surface area (Å²) in [6.07, 6.45) is 7.85. The molecule has 0 saturated carbocycles. The van der Waals surface area contributed by atoms with Crippen LogP contribution in [0.2, 0.25) is 0 Å². The van der Waals surface area contributed by atoms with E-state index in [4.69, 9.17) is 0 Å². The van der Waals surface area contributed by atoms with E-state index >= 15 is 0 Å². The minimum atomic E-state index is -0.631. The molecule has 25 heavy (non-hydrogen) atoms. The highest BCUT2D eigenvalue weighted by atomic mass is 32.2. The normalized spacial score (nSPS) is 18.0. The van der Waals surface area contributed by atoms with Crippen molar-refractivity contribution in [3.05, 3.63) is 66.4 Å². The number of carbonyl (C=O) groups excluding carboxylic acids is 2. The number of hydrogen-bond donors (Lipinski definition) is 0. The third-order valence-electron chi connectivity index (χ3n) is 2.97. The Morgan fingerprint density at radius 1 is 1.36 bits per heavy atom. The van der Waals surface area contributed by atoms with Crippen molar-refractivity contribution in [3.63, 3.8) is 0 Å². The summed E-state index contributed by atoms with van der Waals surface area (Å²) in [6.45, 7) is 3.94. The summed E-state index contributed by atoms with van der Waals surface area (Å²) in [5.41, 5.74) is 1.12. The van der Waals surface area contributed by atoms with Gasteiger partial charge in [0.1, 0.15) is 5.70 Å². The molecule has 1 saturated heterocycles. The Bertz CT molecular complexity index is 767. The highest BCUT2D eigenvalue weighted by molar-refractivity contribution is 8.27. The standard InChI is InChI=1S/C18H17N3O3S/c1-3-11-19-18-21(15(17(23)25-18)13-16(22)24-2)20-12-7-10-14-8-5-4-6-9-14/h3-10,12-13H,1,11H2,2H3/b10-7+,15-13+,19-18?,20-12+. The quantitative estimate of drug-likeness (QED) is 0.340. The number of rotatable bonds is 6. The third-order valence-corrected chi connectivity index (χ3v) is 3.85. The molecule has 0 atom stereocenters. The third kappa shape index (κ3) is 5.29. The van der Waals surface area contributed by atoms with E-state index in [1.165, 1.54) is 18.3 Å². The van der Waals surface area contributed by atoms with Crippen LogP contribution in [0.5, 0.6) is 0 Å². The van der Waals surface area contributed by atoms with Crippen LogP contribution in [0.4, 0.5) is 0 Å². The van der Waals surface area contributed by atoms with Gasteiger partial charge in [0.25, 0.3) is 0 Å². The largest absolute Gasteiger partial charge is 0.466 e. The van der Waals surface area contributed by atoms with Crippen molar-refractivity contribution < 1.29 is 14.3 Å². The molecule has 2 rings (SSSR count). The number of nitrogens with zero attached hydrogens (tertiary/aromatic N) is 3. The van der Waals surface area contributed by atoms with Crippen LogP contribution in [-0.4, -0.2) is 41.1 Å². The molecule has 0 spiro atoms. The number of methoxy groups -OCH3 is 1. The lowest BCUT2D eigenvalue weighted by molar-refractivity contribution is -0.135. The zero-order valence-electron chi connectivity index (χ0n) is 13.7. The van der Waals surface area contributed by atoms with Gasteiger partial charge in [0.15, 0.2) is 5.17 Å². The number of esters is 1. The molecule has 1 aromatic rings. The molecule has 0 N–H and O–H groups in total. The van der Waals surface area contributed by atoms with Gasteiger partial charge in [0.2, 0.25) is 5.12 Å². The summed E-state index contributed by atoms with van der Waals surface area (Å²) >= 11 is 0.904. The second-order valence-electron chi connectivity index (χ2n) is 4.70. The topological polar surface area (TPSA) is 71.3 Å². The SMILES string of the molecule is C=CCN=C1SC(=O)/C(=C\C(=O)OC)N1/N=C/C=C/c1ccccc1. The zero-order valence-corrected chi connectivity index (χ0v) is 14.5. The lowest BCUT2D eigenvalue weighted by atomic mass is 10.2. The second kappa shape index (κ2) is 9.39. The number of benzene rings is 1. The van der Waals surface area contributed by atoms with Crippen molar-refractivity contribution in [2.45, 2.75) is 0 Å². The van der Waals surface area contributed by atoms with Crippen LogP contribution >= 0.6 is 11.8 Å². The molecular formula is C18H17N3O3S. The predicted molar refractivity (Wildman–Crippen MR) is 101 cm³/mol. The molecule has 128 valence electrons. The molecule has 1 fully saturated rings. The Labute approximate surface area is 150 Å². The molecule has 1 heterocycles. The van der Waals surface area contributed by atoms with Crippen LogP contribution in [0.3, 0.4) is 0 Å². The fraction of sp³-hybridized carbons (Fsp3) is 0.111. The first-order valence-electron chi connectivity index (χ1n) is 7.38. The van der Waals surface area contributed by atoms with Gasteiger partial charge in [-0.25, -0.2) is 9.80 Å². The number of ether oxygens (including phenoxy) is 1. The molecule has 0 radical (unpaired) electrons. The number of allylic oxidation sites excluding steroid dienone is 1. The minimum absolute atomic E-state index is 0.101. The van der Waals surface area contributed by atoms with E-state index in [1.807, 2.05) is 36.4 Å². The van der Waals surface area contributed by atoms with Gasteiger partial charge >= 0.3 is 5.97 Å². The van der Waals surface area contributed by atoms with Gasteiger partial charge in [-0.15, -0.1) is 6.58 Å². The van der Waals surface area contributed by atoms with E-state index in [0.29, 0.717) is 11.7 Å². The van der Waals surface area contributed by atoms with E-state index in [0.717, 1.165) is 23.4 Å². The van der Waals surface area contributed by atoms with Crippen LogP contribution in [0, 0.1) is 0 Å². The molecule has 0 aliphatic carbocycles. The lowest BCUT2D eigenvalue weighted by Gasteiger charge is -2.10. The number of thioether (sulfide) groups is 1. The Hall–Kier alpha value is -2.93. The highest BCUT2D eigenvalue weighted by Crippen LogP contribution is 2.29. The maximum absolute atomic E-state index is 12.1. The number of hydrazone groups is 1. The summed E-state index contributed by atoms with van der Waals surface area (Å²) in [5.74, 6) is -0.631. The average molecular weight is 355 g/mol. The first kappa shape index (κ1) is 18.4. The summed E-state index contributed by atoms with van der Waals surface area (Å²) in [6, 6.07) is 9.72. The minimum Gasteiger partial charge on any atom is -0.466 e. The molecule has 0 bridgehead atoms. The van der Waals surface area contributed by atoms with Gasteiger partial charge in [-0.3, -0.25) is 9.79 Å². The van der Waals surface area contributed by atoms with E-state index < -0.39 is 5.97 Å². The highest BCUT2D eigenvalue weighted by Gasteiger charge is 2.33. The predicted octanol–water partition coefficient (Wildman–Crippen LogP) is 2.86. The Morgan fingerprint density at radius 2 is 2.12 bits per heavy atom. The number of carbonyl (C=O) groups is 2. The van der Waals surface area contributed by atoms with Crippen LogP contribution in [0.25, 0.3) is 6.08 Å². The van der Waals surface area contributed by atoms with Crippen molar-refractivity contribution in [1.82, 2.24) is 5.01 Å². The Kier molecular flexibility index (Phi) is 6.91. The molecule has 6 nitrogen and oxygen atoms in total. The maximum atomic E-state index is 12.1. The number of hydrogen-bond acceptors (Lipinski definition) is 6. The van der Waals surface area contributed by atoms with Crippen LogP contribution in [0.1, 0.15) is 5.56 Å². The van der Waals surface area contributed by atoms with Gasteiger partial charge < -0.3 is 4.74 Å². The zero-order chi connectivity index (χ0) is 18.1. The molecule has 0 unspecified atom stereocenters. The molecule has 0 aromatic heterocycles. The summed E-state index contributed by atoms with van der Waals surface area (Å²) < 4.78 is 4.58. The van der Waals surface area contributed by atoms with Crippen molar-refractivity contribution in [2.24, 2.45) is 10.1 Å². The summed E-state index contributed by atoms with van der Waals surface area (Å²) in [5, 5.41) is 5.61. The fourth-order valence-corrected chi connectivity index (χ4v) is 2.62. The van der Waals surface area contributed by atoms with Gasteiger partial charge in [-0.05, 0) is 23.4 Å². The van der Waals surface area contributed by atoms with Crippen LogP contribution < -0.4 is 0 Å². The van der Waals surface area contributed by atoms with Gasteiger partial charge in [0, 0.05) is 6.21 Å². The monoisotopic (exact) mass is 355 g/mol. The van der Waals surface area contributed by atoms with Crippen LogP contribution in [-0.2, 0) is 14.3 Å². The van der Waals surface area contributed by atoms with Crippen molar-refractivity contribution in [3.8, 4) is 0 Å². The molecule has 1 aliphatic heterocycles. The molecular weight excluding hydrogens is 338 g/mol. The van der Waals surface area contributed by atoms with E-state index in [2.05, 4.69) is 21.4 Å². The first-order chi connectivity index (χ1) is 12.2. The number of amidine groups is 1. The molecule has 1 aromatic carbocycles. The van der Waals surface area contributed by atoms with E-state index in [-0.39, 0.29) is 10.8 Å². The first-order valence-corrected chi connectivity index (χ1v) is 8.20. The van der Waals surface area contributed by atoms with Crippen molar-refractivity contribution >= 4 is 40.3 Å². The van der Waals surface area contributed by atoms with Crippen molar-refractivity contribution in [2.75, 3.05) is 13.7 Å². The average Bonchev–Trinajstić information content (AvgIpc) is 2.92. The second-order valence-corrected chi connectivity index (χ2v) is 5.64. The van der Waals surface area contributed by atoms with E-state index in [9.17, 15) is 9.59 Å².